The largest absolute Gasteiger partial charge is 0.462 e. The number of hydrogen-bond acceptors (Lipinski definition) is 8. The van der Waals surface area contributed by atoms with E-state index in [0.29, 0.717) is 0 Å². The molecule has 0 aliphatic carbocycles. The molecule has 0 saturated carbocycles. The molecule has 0 radical (unpaired) electrons. The Bertz CT molecular complexity index is 462. The van der Waals surface area contributed by atoms with E-state index in [1.807, 2.05) is 0 Å². The molecule has 4 atom stereocenters. The Hall–Kier alpha value is -1.22. The minimum absolute atomic E-state index is 0.161. The fourth-order valence-electron chi connectivity index (χ4n) is 2.64. The molecule has 0 aromatic rings. The van der Waals surface area contributed by atoms with Crippen molar-refractivity contribution in [1.29, 1.82) is 0 Å². The van der Waals surface area contributed by atoms with Crippen LogP contribution in [0.1, 0.15) is 40.5 Å². The summed E-state index contributed by atoms with van der Waals surface area (Å²) in [5, 5.41) is 9.82. The summed E-state index contributed by atoms with van der Waals surface area (Å²) in [6.45, 7) is 5.98. The molecule has 132 valence electrons. The van der Waals surface area contributed by atoms with Crippen LogP contribution in [-0.2, 0) is 33.3 Å². The van der Waals surface area contributed by atoms with Crippen LogP contribution in [0, 0.1) is 0 Å². The monoisotopic (exact) mass is 332 g/mol. The molecule has 1 N–H and O–H groups in total. The summed E-state index contributed by atoms with van der Waals surface area (Å²) in [5.74, 6) is -1.80. The van der Waals surface area contributed by atoms with Crippen molar-refractivity contribution in [3.8, 4) is 0 Å². The first-order valence-electron chi connectivity index (χ1n) is 7.76. The molecule has 2 heterocycles. The Kier molecular flexibility index (Phi) is 5.30. The number of rotatable bonds is 6. The number of carbonyl (C=O) groups is 2. The molecule has 0 aromatic carbocycles. The minimum atomic E-state index is -1.40. The molecular formula is C15H24O8. The van der Waals surface area contributed by atoms with Crippen LogP contribution in [0.3, 0.4) is 0 Å². The predicted octanol–water partition coefficient (Wildman–Crippen LogP) is 0.500. The Morgan fingerprint density at radius 3 is 2.30 bits per heavy atom. The maximum absolute atomic E-state index is 11.8. The lowest BCUT2D eigenvalue weighted by atomic mass is 9.96. The van der Waals surface area contributed by atoms with Gasteiger partial charge in [0.1, 0.15) is 6.61 Å². The quantitative estimate of drug-likeness (QED) is 0.702. The summed E-state index contributed by atoms with van der Waals surface area (Å²) in [6, 6.07) is 0. The van der Waals surface area contributed by atoms with Gasteiger partial charge in [-0.1, -0.05) is 13.8 Å². The molecule has 0 aromatic heterocycles. The van der Waals surface area contributed by atoms with E-state index in [4.69, 9.17) is 23.7 Å². The molecular weight excluding hydrogens is 308 g/mol. The van der Waals surface area contributed by atoms with Gasteiger partial charge in [0.15, 0.2) is 29.9 Å². The van der Waals surface area contributed by atoms with E-state index < -0.39 is 48.4 Å². The van der Waals surface area contributed by atoms with Crippen LogP contribution in [0.15, 0.2) is 0 Å². The zero-order chi connectivity index (χ0) is 17.3. The third-order valence-corrected chi connectivity index (χ3v) is 3.84. The van der Waals surface area contributed by atoms with E-state index in [1.54, 1.807) is 27.7 Å². The predicted molar refractivity (Wildman–Crippen MR) is 76.1 cm³/mol. The molecule has 0 unspecified atom stereocenters. The van der Waals surface area contributed by atoms with Crippen LogP contribution < -0.4 is 0 Å². The molecule has 8 heteroatoms. The van der Waals surface area contributed by atoms with Crippen molar-refractivity contribution >= 4 is 11.9 Å². The first-order chi connectivity index (χ1) is 10.8. The van der Waals surface area contributed by atoms with Crippen LogP contribution in [0.4, 0.5) is 0 Å². The smallest absolute Gasteiger partial charge is 0.305 e. The van der Waals surface area contributed by atoms with E-state index in [0.717, 1.165) is 0 Å². The zero-order valence-corrected chi connectivity index (χ0v) is 13.9. The summed E-state index contributed by atoms with van der Waals surface area (Å²) in [7, 11) is 0. The summed E-state index contributed by atoms with van der Waals surface area (Å²) >= 11 is 0. The van der Waals surface area contributed by atoms with Gasteiger partial charge in [-0.2, -0.15) is 0 Å². The number of esters is 2. The first-order valence-corrected chi connectivity index (χ1v) is 7.76. The van der Waals surface area contributed by atoms with Crippen LogP contribution in [-0.4, -0.2) is 60.1 Å². The maximum Gasteiger partial charge on any atom is 0.305 e. The van der Waals surface area contributed by atoms with Gasteiger partial charge in [-0.3, -0.25) is 9.59 Å². The molecule has 2 rings (SSSR count). The third kappa shape index (κ3) is 3.65. The highest BCUT2D eigenvalue weighted by atomic mass is 16.8. The van der Waals surface area contributed by atoms with E-state index in [-0.39, 0.29) is 19.4 Å². The second-order valence-corrected chi connectivity index (χ2v) is 6.09. The molecule has 8 nitrogen and oxygen atoms in total. The lowest BCUT2D eigenvalue weighted by Gasteiger charge is -2.34. The Labute approximate surface area is 135 Å². The van der Waals surface area contributed by atoms with E-state index in [9.17, 15) is 14.7 Å². The van der Waals surface area contributed by atoms with Gasteiger partial charge in [0.2, 0.25) is 0 Å². The average Bonchev–Trinajstić information content (AvgIpc) is 2.95. The Morgan fingerprint density at radius 1 is 1.09 bits per heavy atom. The number of fused-ring (bicyclic) bond motifs is 1. The van der Waals surface area contributed by atoms with Crippen LogP contribution in [0.25, 0.3) is 0 Å². The maximum atomic E-state index is 11.8. The highest BCUT2D eigenvalue weighted by Gasteiger charge is 2.64. The normalized spacial score (nSPS) is 34.9. The van der Waals surface area contributed by atoms with Gasteiger partial charge in [0.25, 0.3) is 0 Å². The van der Waals surface area contributed by atoms with Crippen molar-refractivity contribution in [3.05, 3.63) is 0 Å². The fraction of sp³-hybridized carbons (Fsp3) is 0.867. The SMILES string of the molecule is CCC(=O)OC[C@@]1(CO)O[C@@H]2OC(C)(C)O[C@@H]2[C@H]1OC(=O)CC. The topological polar surface area (TPSA) is 101 Å². The summed E-state index contributed by atoms with van der Waals surface area (Å²) in [6.07, 6.45) is -2.10. The van der Waals surface area contributed by atoms with Gasteiger partial charge in [0, 0.05) is 12.8 Å². The molecule has 23 heavy (non-hydrogen) atoms. The standard InChI is InChI=1S/C15H24O8/c1-5-9(17)19-8-15(7-16)12(20-10(18)6-2)11-13(23-15)22-14(3,4)21-11/h11-13,16H,5-8H2,1-4H3/t11-,12-,13+,15-/m1/s1. The van der Waals surface area contributed by atoms with Crippen molar-refractivity contribution in [2.75, 3.05) is 13.2 Å². The highest BCUT2D eigenvalue weighted by molar-refractivity contribution is 5.69. The molecule has 2 saturated heterocycles. The number of ether oxygens (including phenoxy) is 5. The fourth-order valence-corrected chi connectivity index (χ4v) is 2.64. The Balaban J connectivity index is 2.21. The van der Waals surface area contributed by atoms with Crippen LogP contribution >= 0.6 is 0 Å². The number of aliphatic hydroxyl groups is 1. The summed E-state index contributed by atoms with van der Waals surface area (Å²) < 4.78 is 27.7. The van der Waals surface area contributed by atoms with Crippen molar-refractivity contribution in [2.24, 2.45) is 0 Å². The molecule has 2 aliphatic rings. The van der Waals surface area contributed by atoms with Gasteiger partial charge >= 0.3 is 11.9 Å². The second-order valence-electron chi connectivity index (χ2n) is 6.09. The van der Waals surface area contributed by atoms with E-state index in [2.05, 4.69) is 0 Å². The summed E-state index contributed by atoms with van der Waals surface area (Å²) in [4.78, 5) is 23.2. The molecule has 0 bridgehead atoms. The van der Waals surface area contributed by atoms with E-state index in [1.165, 1.54) is 0 Å². The van der Waals surface area contributed by atoms with Crippen molar-refractivity contribution in [3.63, 3.8) is 0 Å². The minimum Gasteiger partial charge on any atom is -0.462 e. The Morgan fingerprint density at radius 2 is 1.74 bits per heavy atom. The molecule has 0 amide bonds. The van der Waals surface area contributed by atoms with Crippen molar-refractivity contribution < 1.29 is 38.4 Å². The van der Waals surface area contributed by atoms with Gasteiger partial charge < -0.3 is 28.8 Å². The van der Waals surface area contributed by atoms with Crippen molar-refractivity contribution in [1.82, 2.24) is 0 Å². The van der Waals surface area contributed by atoms with E-state index >= 15 is 0 Å². The van der Waals surface area contributed by atoms with Gasteiger partial charge in [-0.15, -0.1) is 0 Å². The lowest BCUT2D eigenvalue weighted by Crippen LogP contribution is -2.53. The number of carbonyl (C=O) groups excluding carboxylic acids is 2. The molecule has 2 aliphatic heterocycles. The first kappa shape index (κ1) is 18.1. The zero-order valence-electron chi connectivity index (χ0n) is 13.9. The van der Waals surface area contributed by atoms with Crippen LogP contribution in [0.2, 0.25) is 0 Å². The highest BCUT2D eigenvalue weighted by Crippen LogP contribution is 2.43. The van der Waals surface area contributed by atoms with Gasteiger partial charge in [0.05, 0.1) is 6.61 Å². The second kappa shape index (κ2) is 6.72. The lowest BCUT2D eigenvalue weighted by molar-refractivity contribution is -0.257. The molecule has 2 fully saturated rings. The molecule has 0 spiro atoms. The third-order valence-electron chi connectivity index (χ3n) is 3.84. The number of hydrogen-bond donors (Lipinski definition) is 1. The van der Waals surface area contributed by atoms with Crippen molar-refractivity contribution in [2.45, 2.75) is 70.4 Å². The van der Waals surface area contributed by atoms with Crippen LogP contribution in [0.5, 0.6) is 0 Å². The number of aliphatic hydroxyl groups excluding tert-OH is 1. The van der Waals surface area contributed by atoms with Gasteiger partial charge in [-0.05, 0) is 13.8 Å². The van der Waals surface area contributed by atoms with Gasteiger partial charge in [-0.25, -0.2) is 0 Å². The average molecular weight is 332 g/mol. The summed E-state index contributed by atoms with van der Waals surface area (Å²) in [5.41, 5.74) is -1.40.